The predicted molar refractivity (Wildman–Crippen MR) is 77.3 cm³/mol. The van der Waals surface area contributed by atoms with Crippen molar-refractivity contribution >= 4 is 5.82 Å². The first-order valence-corrected chi connectivity index (χ1v) is 6.58. The molecule has 1 rings (SSSR count). The molecule has 0 spiro atoms. The van der Waals surface area contributed by atoms with Crippen LogP contribution in [0.15, 0.2) is 0 Å². The number of nitrogens with zero attached hydrogens (tertiary/aromatic N) is 3. The Morgan fingerprint density at radius 2 is 2.00 bits per heavy atom. The van der Waals surface area contributed by atoms with Gasteiger partial charge in [-0.2, -0.15) is 4.98 Å². The van der Waals surface area contributed by atoms with Gasteiger partial charge in [0.05, 0.1) is 12.2 Å². The highest BCUT2D eigenvalue weighted by Gasteiger charge is 2.13. The third kappa shape index (κ3) is 4.65. The third-order valence-corrected chi connectivity index (χ3v) is 2.76. The van der Waals surface area contributed by atoms with Crippen molar-refractivity contribution < 1.29 is 4.74 Å². The van der Waals surface area contributed by atoms with E-state index in [-0.39, 0.29) is 5.92 Å². The molecular weight excluding hydrogens is 242 g/mol. The normalized spacial score (nSPS) is 11.2. The first-order chi connectivity index (χ1) is 8.95. The lowest BCUT2D eigenvalue weighted by Crippen LogP contribution is -2.17. The molecule has 0 aromatic carbocycles. The smallest absolute Gasteiger partial charge is 0.221 e. The number of hydrogen-bond donors (Lipinski definition) is 2. The molecular formula is C13H25N5O. The van der Waals surface area contributed by atoms with Gasteiger partial charge in [-0.25, -0.2) is 10.8 Å². The molecule has 1 aromatic heterocycles. The van der Waals surface area contributed by atoms with Crippen molar-refractivity contribution in [2.24, 2.45) is 5.84 Å². The quantitative estimate of drug-likeness (QED) is 0.443. The Balaban J connectivity index is 2.78. The van der Waals surface area contributed by atoms with Crippen LogP contribution in [0.25, 0.3) is 0 Å². The van der Waals surface area contributed by atoms with Crippen LogP contribution >= 0.6 is 0 Å². The fraction of sp³-hybridized carbons (Fsp3) is 0.692. The number of hydrazine groups is 1. The van der Waals surface area contributed by atoms with Gasteiger partial charge in [-0.3, -0.25) is 0 Å². The van der Waals surface area contributed by atoms with Crippen LogP contribution in [0.1, 0.15) is 37.6 Å². The number of nitrogen functional groups attached to an aromatic ring is 1. The molecule has 0 fully saturated rings. The number of nitrogens with two attached hydrogens (primary N) is 1. The Morgan fingerprint density at radius 1 is 1.32 bits per heavy atom. The number of aromatic nitrogens is 2. The molecule has 0 aliphatic carbocycles. The Kier molecular flexibility index (Phi) is 5.98. The molecule has 0 aliphatic heterocycles. The van der Waals surface area contributed by atoms with Crippen LogP contribution in [0.5, 0.6) is 5.88 Å². The van der Waals surface area contributed by atoms with Gasteiger partial charge in [-0.15, -0.1) is 0 Å². The van der Waals surface area contributed by atoms with E-state index in [2.05, 4.69) is 20.3 Å². The summed E-state index contributed by atoms with van der Waals surface area (Å²) in [6, 6.07) is 0. The summed E-state index contributed by atoms with van der Waals surface area (Å²) in [5.74, 6) is 7.69. The van der Waals surface area contributed by atoms with Gasteiger partial charge in [-0.05, 0) is 27.4 Å². The first-order valence-electron chi connectivity index (χ1n) is 6.58. The van der Waals surface area contributed by atoms with Crippen molar-refractivity contribution in [3.8, 4) is 5.88 Å². The SMILES string of the molecule is Cc1c(NN)nc(C(C)C)nc1OCCCN(C)C. The Morgan fingerprint density at radius 3 is 2.53 bits per heavy atom. The fourth-order valence-corrected chi connectivity index (χ4v) is 1.60. The molecule has 0 saturated heterocycles. The zero-order chi connectivity index (χ0) is 14.4. The Hall–Kier alpha value is -1.40. The largest absolute Gasteiger partial charge is 0.477 e. The lowest BCUT2D eigenvalue weighted by atomic mass is 10.2. The molecule has 0 radical (unpaired) electrons. The number of ether oxygens (including phenoxy) is 1. The van der Waals surface area contributed by atoms with E-state index in [9.17, 15) is 0 Å². The molecule has 108 valence electrons. The molecule has 6 heteroatoms. The maximum Gasteiger partial charge on any atom is 0.221 e. The summed E-state index contributed by atoms with van der Waals surface area (Å²) < 4.78 is 5.75. The molecule has 0 saturated carbocycles. The highest BCUT2D eigenvalue weighted by Crippen LogP contribution is 2.24. The minimum atomic E-state index is 0.233. The van der Waals surface area contributed by atoms with Crippen molar-refractivity contribution in [2.75, 3.05) is 32.7 Å². The van der Waals surface area contributed by atoms with Crippen LogP contribution in [0.3, 0.4) is 0 Å². The monoisotopic (exact) mass is 267 g/mol. The maximum atomic E-state index is 5.75. The van der Waals surface area contributed by atoms with Gasteiger partial charge >= 0.3 is 0 Å². The highest BCUT2D eigenvalue weighted by molar-refractivity contribution is 5.47. The summed E-state index contributed by atoms with van der Waals surface area (Å²) in [7, 11) is 4.09. The van der Waals surface area contributed by atoms with E-state index in [1.54, 1.807) is 0 Å². The van der Waals surface area contributed by atoms with Crippen molar-refractivity contribution in [1.29, 1.82) is 0 Å². The molecule has 3 N–H and O–H groups in total. The average Bonchev–Trinajstić information content (AvgIpc) is 2.35. The summed E-state index contributed by atoms with van der Waals surface area (Å²) in [6.45, 7) is 7.61. The zero-order valence-corrected chi connectivity index (χ0v) is 12.5. The second-order valence-electron chi connectivity index (χ2n) is 5.16. The first kappa shape index (κ1) is 15.7. The lowest BCUT2D eigenvalue weighted by molar-refractivity contribution is 0.270. The molecule has 6 nitrogen and oxygen atoms in total. The van der Waals surface area contributed by atoms with Crippen molar-refractivity contribution in [2.45, 2.75) is 33.1 Å². The van der Waals surface area contributed by atoms with E-state index in [1.165, 1.54) is 0 Å². The second kappa shape index (κ2) is 7.25. The number of anilines is 1. The molecule has 19 heavy (non-hydrogen) atoms. The van der Waals surface area contributed by atoms with Gasteiger partial charge in [0, 0.05) is 12.5 Å². The molecule has 0 amide bonds. The van der Waals surface area contributed by atoms with Gasteiger partial charge in [-0.1, -0.05) is 13.8 Å². The summed E-state index contributed by atoms with van der Waals surface area (Å²) in [6.07, 6.45) is 0.957. The summed E-state index contributed by atoms with van der Waals surface area (Å²) in [4.78, 5) is 11.0. The van der Waals surface area contributed by atoms with E-state index in [1.807, 2.05) is 34.9 Å². The zero-order valence-electron chi connectivity index (χ0n) is 12.5. The molecule has 0 aliphatic rings. The second-order valence-corrected chi connectivity index (χ2v) is 5.16. The predicted octanol–water partition coefficient (Wildman–Crippen LogP) is 1.52. The van der Waals surface area contributed by atoms with E-state index in [0.29, 0.717) is 18.3 Å². The van der Waals surface area contributed by atoms with Gasteiger partial charge in [0.15, 0.2) is 0 Å². The minimum Gasteiger partial charge on any atom is -0.477 e. The number of hydrogen-bond acceptors (Lipinski definition) is 6. The number of nitrogens with one attached hydrogen (secondary N) is 1. The number of rotatable bonds is 7. The van der Waals surface area contributed by atoms with E-state index in [4.69, 9.17) is 10.6 Å². The Bertz CT molecular complexity index is 406. The van der Waals surface area contributed by atoms with Crippen LogP contribution in [-0.4, -0.2) is 42.1 Å². The van der Waals surface area contributed by atoms with E-state index < -0.39 is 0 Å². The van der Waals surface area contributed by atoms with E-state index >= 15 is 0 Å². The van der Waals surface area contributed by atoms with Gasteiger partial charge < -0.3 is 15.1 Å². The fourth-order valence-electron chi connectivity index (χ4n) is 1.60. The average molecular weight is 267 g/mol. The van der Waals surface area contributed by atoms with E-state index in [0.717, 1.165) is 24.4 Å². The van der Waals surface area contributed by atoms with Crippen LogP contribution in [-0.2, 0) is 0 Å². The highest BCUT2D eigenvalue weighted by atomic mass is 16.5. The summed E-state index contributed by atoms with van der Waals surface area (Å²) in [5, 5.41) is 0. The van der Waals surface area contributed by atoms with Crippen molar-refractivity contribution in [3.05, 3.63) is 11.4 Å². The van der Waals surface area contributed by atoms with Crippen LogP contribution in [0, 0.1) is 6.92 Å². The van der Waals surface area contributed by atoms with Crippen LogP contribution in [0.2, 0.25) is 0 Å². The van der Waals surface area contributed by atoms with Crippen LogP contribution in [0.4, 0.5) is 5.82 Å². The minimum absolute atomic E-state index is 0.233. The topological polar surface area (TPSA) is 76.3 Å². The molecule has 0 atom stereocenters. The third-order valence-electron chi connectivity index (χ3n) is 2.76. The van der Waals surface area contributed by atoms with Gasteiger partial charge in [0.2, 0.25) is 5.88 Å². The standard InChI is InChI=1S/C13H25N5O/c1-9(2)11-15-12(17-14)10(3)13(16-11)19-8-6-7-18(4)5/h9H,6-8,14H2,1-5H3,(H,15,16,17). The van der Waals surface area contributed by atoms with Gasteiger partial charge in [0.25, 0.3) is 0 Å². The molecule has 0 unspecified atom stereocenters. The molecule has 1 heterocycles. The van der Waals surface area contributed by atoms with Crippen LogP contribution < -0.4 is 16.0 Å². The Labute approximate surface area is 115 Å². The van der Waals surface area contributed by atoms with Gasteiger partial charge in [0.1, 0.15) is 11.6 Å². The summed E-state index contributed by atoms with van der Waals surface area (Å²) >= 11 is 0. The van der Waals surface area contributed by atoms with Crippen molar-refractivity contribution in [3.63, 3.8) is 0 Å². The maximum absolute atomic E-state index is 5.75. The summed E-state index contributed by atoms with van der Waals surface area (Å²) in [5.41, 5.74) is 3.44. The molecule has 1 aromatic rings. The molecule has 0 bridgehead atoms. The van der Waals surface area contributed by atoms with Crippen molar-refractivity contribution in [1.82, 2.24) is 14.9 Å². The lowest BCUT2D eigenvalue weighted by Gasteiger charge is -2.15.